The molecule has 0 aliphatic carbocycles. The van der Waals surface area contributed by atoms with Crippen molar-refractivity contribution in [3.05, 3.63) is 34.9 Å². The molecule has 3 nitrogen and oxygen atoms in total. The van der Waals surface area contributed by atoms with E-state index in [0.717, 1.165) is 48.7 Å². The lowest BCUT2D eigenvalue weighted by Crippen LogP contribution is -2.32. The minimum Gasteiger partial charge on any atom is -0.342 e. The van der Waals surface area contributed by atoms with Crippen molar-refractivity contribution in [1.82, 2.24) is 10.2 Å². The number of amides is 1. The highest BCUT2D eigenvalue weighted by Crippen LogP contribution is 2.17. The molecular weight excluding hydrogens is 248 g/mol. The topological polar surface area (TPSA) is 32.3 Å². The number of carbonyl (C=O) groups is 1. The van der Waals surface area contributed by atoms with Crippen LogP contribution in [0.15, 0.2) is 18.2 Å². The van der Waals surface area contributed by atoms with Gasteiger partial charge in [0.2, 0.25) is 0 Å². The van der Waals surface area contributed by atoms with E-state index in [9.17, 15) is 4.79 Å². The lowest BCUT2D eigenvalue weighted by molar-refractivity contribution is 0.0784. The molecule has 0 atom stereocenters. The first kappa shape index (κ1) is 15.0. The van der Waals surface area contributed by atoms with Crippen LogP contribution < -0.4 is 5.32 Å². The van der Waals surface area contributed by atoms with Crippen molar-refractivity contribution in [3.63, 3.8) is 0 Å². The summed E-state index contributed by atoms with van der Waals surface area (Å²) in [5.74, 6) is 0.913. The summed E-state index contributed by atoms with van der Waals surface area (Å²) in [7, 11) is 1.92. The lowest BCUT2D eigenvalue weighted by Gasteiger charge is -2.25. The van der Waals surface area contributed by atoms with Crippen molar-refractivity contribution < 1.29 is 4.79 Å². The van der Waals surface area contributed by atoms with Crippen LogP contribution in [0.2, 0.25) is 0 Å². The normalized spacial score (nSPS) is 16.1. The van der Waals surface area contributed by atoms with Gasteiger partial charge in [0.1, 0.15) is 0 Å². The highest BCUT2D eigenvalue weighted by molar-refractivity contribution is 5.94. The monoisotopic (exact) mass is 274 g/mol. The smallest absolute Gasteiger partial charge is 0.253 e. The Morgan fingerprint density at radius 2 is 1.80 bits per heavy atom. The first-order valence-corrected chi connectivity index (χ1v) is 7.61. The van der Waals surface area contributed by atoms with Gasteiger partial charge in [-0.1, -0.05) is 17.2 Å². The number of rotatable bonds is 4. The zero-order valence-corrected chi connectivity index (χ0v) is 12.9. The standard InChI is InChI=1S/C17H26N2O/c1-13-10-14(2)12-16(11-13)17(20)19(3)9-6-15-4-7-18-8-5-15/h10-12,15,18H,4-9H2,1-3H3. The van der Waals surface area contributed by atoms with Crippen molar-refractivity contribution in [2.75, 3.05) is 26.7 Å². The summed E-state index contributed by atoms with van der Waals surface area (Å²) in [6, 6.07) is 6.07. The molecule has 20 heavy (non-hydrogen) atoms. The van der Waals surface area contributed by atoms with E-state index in [2.05, 4.69) is 11.4 Å². The summed E-state index contributed by atoms with van der Waals surface area (Å²) in [5, 5.41) is 3.38. The van der Waals surface area contributed by atoms with Gasteiger partial charge in [0, 0.05) is 19.2 Å². The third kappa shape index (κ3) is 4.07. The Morgan fingerprint density at radius 1 is 1.20 bits per heavy atom. The van der Waals surface area contributed by atoms with Crippen LogP contribution in [0.3, 0.4) is 0 Å². The van der Waals surface area contributed by atoms with Crippen LogP contribution in [0, 0.1) is 19.8 Å². The maximum absolute atomic E-state index is 12.4. The number of nitrogens with one attached hydrogen (secondary N) is 1. The van der Waals surface area contributed by atoms with Crippen molar-refractivity contribution in [2.45, 2.75) is 33.1 Å². The van der Waals surface area contributed by atoms with Crippen LogP contribution in [0.1, 0.15) is 40.7 Å². The fourth-order valence-corrected chi connectivity index (χ4v) is 2.97. The largest absolute Gasteiger partial charge is 0.342 e. The van der Waals surface area contributed by atoms with Crippen molar-refractivity contribution in [3.8, 4) is 0 Å². The summed E-state index contributed by atoms with van der Waals surface area (Å²) < 4.78 is 0. The maximum Gasteiger partial charge on any atom is 0.253 e. The molecule has 1 saturated heterocycles. The summed E-state index contributed by atoms with van der Waals surface area (Å²) in [5.41, 5.74) is 3.12. The van der Waals surface area contributed by atoms with E-state index in [0.29, 0.717) is 0 Å². The highest BCUT2D eigenvalue weighted by atomic mass is 16.2. The molecule has 1 aromatic rings. The quantitative estimate of drug-likeness (QED) is 0.915. The predicted octanol–water partition coefficient (Wildman–Crippen LogP) is 2.77. The third-order valence-electron chi connectivity index (χ3n) is 4.15. The molecular formula is C17H26N2O. The number of hydrogen-bond acceptors (Lipinski definition) is 2. The van der Waals surface area contributed by atoms with E-state index in [1.54, 1.807) is 0 Å². The van der Waals surface area contributed by atoms with E-state index in [1.165, 1.54) is 12.8 Å². The Labute approximate surface area is 122 Å². The van der Waals surface area contributed by atoms with Crippen LogP contribution in [-0.2, 0) is 0 Å². The molecule has 0 spiro atoms. The molecule has 3 heteroatoms. The van der Waals surface area contributed by atoms with E-state index < -0.39 is 0 Å². The minimum atomic E-state index is 0.144. The Bertz CT molecular complexity index is 444. The van der Waals surface area contributed by atoms with Gasteiger partial charge in [0.05, 0.1) is 0 Å². The van der Waals surface area contributed by atoms with Crippen LogP contribution in [-0.4, -0.2) is 37.5 Å². The summed E-state index contributed by atoms with van der Waals surface area (Å²) in [6.07, 6.45) is 3.60. The number of nitrogens with zero attached hydrogens (tertiary/aromatic N) is 1. The Kier molecular flexibility index (Phi) is 5.18. The zero-order valence-electron chi connectivity index (χ0n) is 12.9. The maximum atomic E-state index is 12.4. The number of aryl methyl sites for hydroxylation is 2. The zero-order chi connectivity index (χ0) is 14.5. The Balaban J connectivity index is 1.90. The molecule has 1 N–H and O–H groups in total. The van der Waals surface area contributed by atoms with Gasteiger partial charge in [-0.2, -0.15) is 0 Å². The first-order chi connectivity index (χ1) is 9.56. The fraction of sp³-hybridized carbons (Fsp3) is 0.588. The van der Waals surface area contributed by atoms with Crippen molar-refractivity contribution >= 4 is 5.91 Å². The van der Waals surface area contributed by atoms with Gasteiger partial charge >= 0.3 is 0 Å². The summed E-state index contributed by atoms with van der Waals surface area (Å²) >= 11 is 0. The number of benzene rings is 1. The molecule has 0 aromatic heterocycles. The molecule has 1 aliphatic heterocycles. The molecule has 1 aliphatic rings. The Morgan fingerprint density at radius 3 is 2.40 bits per heavy atom. The second kappa shape index (κ2) is 6.89. The van der Waals surface area contributed by atoms with Crippen LogP contribution >= 0.6 is 0 Å². The van der Waals surface area contributed by atoms with Crippen LogP contribution in [0.5, 0.6) is 0 Å². The first-order valence-electron chi connectivity index (χ1n) is 7.61. The molecule has 0 radical (unpaired) electrons. The van der Waals surface area contributed by atoms with E-state index >= 15 is 0 Å². The number of carbonyl (C=O) groups excluding carboxylic acids is 1. The van der Waals surface area contributed by atoms with Gasteiger partial charge in [-0.15, -0.1) is 0 Å². The number of hydrogen-bond donors (Lipinski definition) is 1. The second-order valence-corrected chi connectivity index (χ2v) is 6.09. The van der Waals surface area contributed by atoms with Gasteiger partial charge < -0.3 is 10.2 Å². The summed E-state index contributed by atoms with van der Waals surface area (Å²) in [6.45, 7) is 7.19. The minimum absolute atomic E-state index is 0.144. The van der Waals surface area contributed by atoms with Crippen molar-refractivity contribution in [2.24, 2.45) is 5.92 Å². The fourth-order valence-electron chi connectivity index (χ4n) is 2.97. The molecule has 2 rings (SSSR count). The summed E-state index contributed by atoms with van der Waals surface area (Å²) in [4.78, 5) is 14.3. The van der Waals surface area contributed by atoms with Gasteiger partial charge in [-0.05, 0) is 64.3 Å². The molecule has 1 fully saturated rings. The van der Waals surface area contributed by atoms with Crippen molar-refractivity contribution in [1.29, 1.82) is 0 Å². The SMILES string of the molecule is Cc1cc(C)cc(C(=O)N(C)CCC2CCNCC2)c1. The van der Waals surface area contributed by atoms with E-state index in [1.807, 2.05) is 37.9 Å². The van der Waals surface area contributed by atoms with Gasteiger partial charge in [-0.3, -0.25) is 4.79 Å². The van der Waals surface area contributed by atoms with Crippen LogP contribution in [0.4, 0.5) is 0 Å². The molecule has 110 valence electrons. The molecule has 1 amide bonds. The van der Waals surface area contributed by atoms with E-state index in [4.69, 9.17) is 0 Å². The molecule has 0 saturated carbocycles. The lowest BCUT2D eigenvalue weighted by atomic mass is 9.94. The van der Waals surface area contributed by atoms with Gasteiger partial charge in [0.15, 0.2) is 0 Å². The molecule has 1 heterocycles. The molecule has 1 aromatic carbocycles. The predicted molar refractivity (Wildman–Crippen MR) is 83.1 cm³/mol. The molecule has 0 bridgehead atoms. The third-order valence-corrected chi connectivity index (χ3v) is 4.15. The molecule has 0 unspecified atom stereocenters. The van der Waals surface area contributed by atoms with Gasteiger partial charge in [-0.25, -0.2) is 0 Å². The van der Waals surface area contributed by atoms with Crippen LogP contribution in [0.25, 0.3) is 0 Å². The average Bonchev–Trinajstić information content (AvgIpc) is 2.44. The average molecular weight is 274 g/mol. The highest BCUT2D eigenvalue weighted by Gasteiger charge is 2.16. The second-order valence-electron chi connectivity index (χ2n) is 6.09. The Hall–Kier alpha value is -1.35. The van der Waals surface area contributed by atoms with E-state index in [-0.39, 0.29) is 5.91 Å². The van der Waals surface area contributed by atoms with Gasteiger partial charge in [0.25, 0.3) is 5.91 Å². The number of piperidine rings is 1.